The van der Waals surface area contributed by atoms with E-state index in [1.807, 2.05) is 34.6 Å². The quantitative estimate of drug-likeness (QED) is 0.606. The van der Waals surface area contributed by atoms with Crippen molar-refractivity contribution in [1.82, 2.24) is 14.9 Å². The number of aliphatic carboxylic acids is 2. The fourth-order valence-electron chi connectivity index (χ4n) is 5.08. The van der Waals surface area contributed by atoms with Gasteiger partial charge in [0, 0.05) is 18.0 Å². The van der Waals surface area contributed by atoms with Gasteiger partial charge in [0.1, 0.15) is 11.3 Å². The number of carboxylic acids is 2. The summed E-state index contributed by atoms with van der Waals surface area (Å²) in [6.07, 6.45) is 4.08. The third-order valence-electron chi connectivity index (χ3n) is 6.50. The van der Waals surface area contributed by atoms with E-state index in [2.05, 4.69) is 9.97 Å². The first kappa shape index (κ1) is 26.1. The number of methoxy groups -OCH3 is 1. The van der Waals surface area contributed by atoms with E-state index < -0.39 is 35.3 Å². The van der Waals surface area contributed by atoms with Crippen LogP contribution in [0.5, 0.6) is 5.75 Å². The van der Waals surface area contributed by atoms with E-state index in [4.69, 9.17) is 4.74 Å². The summed E-state index contributed by atoms with van der Waals surface area (Å²) < 4.78 is 5.56. The van der Waals surface area contributed by atoms with Crippen molar-refractivity contribution in [2.75, 3.05) is 7.11 Å². The van der Waals surface area contributed by atoms with Crippen molar-refractivity contribution in [3.8, 4) is 5.75 Å². The molecule has 2 aromatic rings. The largest absolute Gasteiger partial charge is 0.496 e. The fourth-order valence-corrected chi connectivity index (χ4v) is 5.08. The number of rotatable bonds is 7. The second-order valence-corrected chi connectivity index (χ2v) is 10.5. The van der Waals surface area contributed by atoms with Crippen molar-refractivity contribution in [2.24, 2.45) is 11.8 Å². The fraction of sp³-hybridized carbons (Fsp3) is 0.500. The van der Waals surface area contributed by atoms with Crippen LogP contribution in [-0.4, -0.2) is 55.6 Å². The summed E-state index contributed by atoms with van der Waals surface area (Å²) in [6.45, 7) is 9.76. The molecule has 1 aromatic carbocycles. The number of likely N-dealkylation sites (tertiary alicyclic amines) is 1. The molecule has 0 spiro atoms. The molecule has 1 fully saturated rings. The van der Waals surface area contributed by atoms with Gasteiger partial charge in [0.2, 0.25) is 0 Å². The zero-order valence-electron chi connectivity index (χ0n) is 21.0. The number of amides is 1. The zero-order valence-corrected chi connectivity index (χ0v) is 21.0. The predicted octanol–water partition coefficient (Wildman–Crippen LogP) is 3.94. The Bertz CT molecular complexity index is 1110. The molecular weight excluding hydrogens is 450 g/mol. The van der Waals surface area contributed by atoms with Gasteiger partial charge < -0.3 is 19.8 Å². The topological polar surface area (TPSA) is 130 Å². The molecule has 2 heterocycles. The van der Waals surface area contributed by atoms with Crippen LogP contribution in [0.15, 0.2) is 36.8 Å². The summed E-state index contributed by atoms with van der Waals surface area (Å²) in [5, 5.41) is 20.5. The van der Waals surface area contributed by atoms with Crippen LogP contribution in [0.4, 0.5) is 0 Å². The van der Waals surface area contributed by atoms with E-state index in [9.17, 15) is 24.6 Å². The molecule has 0 bridgehead atoms. The number of hydrogen-bond acceptors (Lipinski definition) is 6. The third kappa shape index (κ3) is 4.85. The lowest BCUT2D eigenvalue weighted by atomic mass is 9.83. The van der Waals surface area contributed by atoms with E-state index in [-0.39, 0.29) is 35.4 Å². The van der Waals surface area contributed by atoms with Gasteiger partial charge in [-0.2, -0.15) is 0 Å². The maximum Gasteiger partial charge on any atom is 0.329 e. The molecule has 0 radical (unpaired) electrons. The lowest BCUT2D eigenvalue weighted by Gasteiger charge is -2.39. The highest BCUT2D eigenvalue weighted by atomic mass is 16.5. The number of benzene rings is 1. The van der Waals surface area contributed by atoms with E-state index in [1.165, 1.54) is 30.6 Å². The summed E-state index contributed by atoms with van der Waals surface area (Å²) in [7, 11) is 1.51. The van der Waals surface area contributed by atoms with Crippen molar-refractivity contribution in [2.45, 2.75) is 64.5 Å². The second-order valence-electron chi connectivity index (χ2n) is 10.5. The molecule has 9 heteroatoms. The number of carbonyl (C=O) groups excluding carboxylic acids is 1. The van der Waals surface area contributed by atoms with Crippen LogP contribution >= 0.6 is 0 Å². The minimum Gasteiger partial charge on any atom is -0.496 e. The second kappa shape index (κ2) is 9.64. The van der Waals surface area contributed by atoms with Crippen LogP contribution in [0.3, 0.4) is 0 Å². The van der Waals surface area contributed by atoms with Crippen LogP contribution in [0.2, 0.25) is 0 Å². The number of carboxylic acid groups (broad SMARTS) is 2. The Balaban J connectivity index is 2.25. The first-order chi connectivity index (χ1) is 16.3. The van der Waals surface area contributed by atoms with Crippen LogP contribution in [0.1, 0.15) is 75.1 Å². The zero-order chi connectivity index (χ0) is 26.1. The SMILES string of the molecule is COc1cc(C(=O)N2[C@@H](c3cnccn3)[C@@H](C(=O)O)C[C@@]2(CC(C)C)C(=O)O)ccc1C(C)(C)C. The first-order valence-corrected chi connectivity index (χ1v) is 11.6. The van der Waals surface area contributed by atoms with Crippen molar-refractivity contribution >= 4 is 17.8 Å². The Morgan fingerprint density at radius 1 is 1.20 bits per heavy atom. The molecule has 2 N–H and O–H groups in total. The number of aromatic nitrogens is 2. The first-order valence-electron chi connectivity index (χ1n) is 11.6. The van der Waals surface area contributed by atoms with E-state index in [0.717, 1.165) is 5.56 Å². The lowest BCUT2D eigenvalue weighted by Crippen LogP contribution is -2.54. The molecule has 1 aliphatic rings. The van der Waals surface area contributed by atoms with Crippen LogP contribution < -0.4 is 4.74 Å². The smallest absolute Gasteiger partial charge is 0.329 e. The Kier molecular flexibility index (Phi) is 7.19. The van der Waals surface area contributed by atoms with Gasteiger partial charge in [0.15, 0.2) is 0 Å². The summed E-state index contributed by atoms with van der Waals surface area (Å²) in [4.78, 5) is 48.8. The average Bonchev–Trinajstić information content (AvgIpc) is 3.14. The molecule has 1 aromatic heterocycles. The van der Waals surface area contributed by atoms with Gasteiger partial charge in [-0.05, 0) is 41.9 Å². The molecule has 9 nitrogen and oxygen atoms in total. The molecule has 1 amide bonds. The Morgan fingerprint density at radius 2 is 1.89 bits per heavy atom. The summed E-state index contributed by atoms with van der Waals surface area (Å²) in [5.74, 6) is -3.80. The molecule has 3 rings (SSSR count). The molecule has 0 aliphatic carbocycles. The van der Waals surface area contributed by atoms with Crippen LogP contribution in [0.25, 0.3) is 0 Å². The Hall–Kier alpha value is -3.49. The molecule has 3 atom stereocenters. The van der Waals surface area contributed by atoms with Gasteiger partial charge in [-0.25, -0.2) is 4.79 Å². The third-order valence-corrected chi connectivity index (χ3v) is 6.50. The Labute approximate surface area is 205 Å². The number of nitrogens with zero attached hydrogens (tertiary/aromatic N) is 3. The van der Waals surface area contributed by atoms with Gasteiger partial charge in [0.05, 0.1) is 31.0 Å². The number of ether oxygens (including phenoxy) is 1. The number of hydrogen-bond donors (Lipinski definition) is 2. The van der Waals surface area contributed by atoms with Gasteiger partial charge in [-0.15, -0.1) is 0 Å². The van der Waals surface area contributed by atoms with Crippen LogP contribution in [-0.2, 0) is 15.0 Å². The number of carbonyl (C=O) groups is 3. The highest BCUT2D eigenvalue weighted by Gasteiger charge is 2.61. The van der Waals surface area contributed by atoms with Gasteiger partial charge in [-0.3, -0.25) is 19.6 Å². The minimum absolute atomic E-state index is 0.0891. The highest BCUT2D eigenvalue weighted by molar-refractivity contribution is 6.00. The molecular formula is C26H33N3O6. The van der Waals surface area contributed by atoms with Crippen molar-refractivity contribution in [3.63, 3.8) is 0 Å². The standard InChI is InChI=1S/C26H33N3O6/c1-15(2)12-26(24(33)34)13-17(23(31)32)21(19-14-27-9-10-28-19)29(26)22(30)16-7-8-18(25(3,4)5)20(11-16)35-6/h7-11,14-15,17,21H,12-13H2,1-6H3,(H,31,32)(H,33,34)/t17-,21+,26-/m0/s1. The van der Waals surface area contributed by atoms with E-state index in [0.29, 0.717) is 5.75 Å². The van der Waals surface area contributed by atoms with Crippen molar-refractivity contribution < 1.29 is 29.3 Å². The molecule has 0 saturated carbocycles. The van der Waals surface area contributed by atoms with Gasteiger partial charge >= 0.3 is 11.9 Å². The van der Waals surface area contributed by atoms with Gasteiger partial charge in [0.25, 0.3) is 5.91 Å². The average molecular weight is 484 g/mol. The monoisotopic (exact) mass is 483 g/mol. The predicted molar refractivity (Wildman–Crippen MR) is 128 cm³/mol. The van der Waals surface area contributed by atoms with Crippen LogP contribution in [0, 0.1) is 11.8 Å². The summed E-state index contributed by atoms with van der Waals surface area (Å²) >= 11 is 0. The minimum atomic E-state index is -1.73. The molecule has 0 unspecified atom stereocenters. The summed E-state index contributed by atoms with van der Waals surface area (Å²) in [6, 6.07) is 3.91. The van der Waals surface area contributed by atoms with E-state index >= 15 is 0 Å². The Morgan fingerprint density at radius 3 is 2.37 bits per heavy atom. The van der Waals surface area contributed by atoms with Crippen molar-refractivity contribution in [1.29, 1.82) is 0 Å². The summed E-state index contributed by atoms with van der Waals surface area (Å²) in [5.41, 5.74) is -0.646. The van der Waals surface area contributed by atoms with Gasteiger partial charge in [-0.1, -0.05) is 40.7 Å². The normalized spacial score (nSPS) is 22.3. The highest BCUT2D eigenvalue weighted by Crippen LogP contribution is 2.50. The molecule has 1 aliphatic heterocycles. The molecule has 188 valence electrons. The maximum atomic E-state index is 14.1. The lowest BCUT2D eigenvalue weighted by molar-refractivity contribution is -0.150. The molecule has 1 saturated heterocycles. The maximum absolute atomic E-state index is 14.1. The molecule has 35 heavy (non-hydrogen) atoms. The van der Waals surface area contributed by atoms with Crippen molar-refractivity contribution in [3.05, 3.63) is 53.6 Å². The van der Waals surface area contributed by atoms with E-state index in [1.54, 1.807) is 18.2 Å².